The summed E-state index contributed by atoms with van der Waals surface area (Å²) in [6.45, 7) is 8.92. The third-order valence-electron chi connectivity index (χ3n) is 2.92. The van der Waals surface area contributed by atoms with Crippen molar-refractivity contribution in [2.45, 2.75) is 45.8 Å². The van der Waals surface area contributed by atoms with Crippen LogP contribution in [0.5, 0.6) is 0 Å². The van der Waals surface area contributed by atoms with Crippen LogP contribution in [0.25, 0.3) is 0 Å². The predicted molar refractivity (Wildman–Crippen MR) is 65.5 cm³/mol. The minimum atomic E-state index is -0.938. The van der Waals surface area contributed by atoms with Gasteiger partial charge in [-0.3, -0.25) is 0 Å². The summed E-state index contributed by atoms with van der Waals surface area (Å²) in [6, 6.07) is 3.59. The van der Waals surface area contributed by atoms with Gasteiger partial charge in [-0.15, -0.1) is 0 Å². The van der Waals surface area contributed by atoms with E-state index in [-0.39, 0.29) is 0 Å². The topological polar surface area (TPSA) is 81.8 Å². The number of nitrogens with one attached hydrogen (secondary N) is 1. The molecule has 17 heavy (non-hydrogen) atoms. The van der Waals surface area contributed by atoms with Gasteiger partial charge in [0.2, 0.25) is 5.95 Å². The Morgan fingerprint density at radius 3 is 2.35 bits per heavy atom. The fraction of sp³-hybridized carbons (Fsp3) is 0.583. The minimum absolute atomic E-state index is 0.312. The van der Waals surface area contributed by atoms with Crippen molar-refractivity contribution in [1.29, 1.82) is 5.26 Å². The second-order valence-electron chi connectivity index (χ2n) is 5.14. The molecule has 0 saturated carbocycles. The number of aryl methyl sites for hydroxylation is 1. The van der Waals surface area contributed by atoms with Gasteiger partial charge in [-0.2, -0.15) is 5.26 Å². The van der Waals surface area contributed by atoms with E-state index >= 15 is 0 Å². The van der Waals surface area contributed by atoms with E-state index in [0.717, 1.165) is 0 Å². The van der Waals surface area contributed by atoms with Gasteiger partial charge in [0.05, 0.1) is 11.1 Å². The van der Waals surface area contributed by atoms with Gasteiger partial charge in [-0.05, 0) is 40.7 Å². The molecule has 1 rings (SSSR count). The summed E-state index contributed by atoms with van der Waals surface area (Å²) in [6.07, 6.45) is 0. The van der Waals surface area contributed by atoms with E-state index in [1.165, 1.54) is 0 Å². The van der Waals surface area contributed by atoms with Crippen LogP contribution in [0.4, 0.5) is 5.95 Å². The summed E-state index contributed by atoms with van der Waals surface area (Å²) >= 11 is 0. The number of hydrogen-bond donors (Lipinski definition) is 2. The van der Waals surface area contributed by atoms with Crippen LogP contribution in [-0.4, -0.2) is 26.2 Å². The van der Waals surface area contributed by atoms with E-state index in [9.17, 15) is 5.11 Å². The van der Waals surface area contributed by atoms with Gasteiger partial charge in [0.1, 0.15) is 11.8 Å². The van der Waals surface area contributed by atoms with Crippen molar-refractivity contribution < 1.29 is 5.11 Å². The van der Waals surface area contributed by atoms with Gasteiger partial charge < -0.3 is 10.4 Å². The summed E-state index contributed by atoms with van der Waals surface area (Å²) in [4.78, 5) is 8.25. The highest BCUT2D eigenvalue weighted by molar-refractivity contribution is 5.36. The Balaban J connectivity index is 3.04. The quantitative estimate of drug-likeness (QED) is 0.830. The van der Waals surface area contributed by atoms with E-state index < -0.39 is 11.1 Å². The highest BCUT2D eigenvalue weighted by Gasteiger charge is 2.35. The van der Waals surface area contributed by atoms with Crippen molar-refractivity contribution in [1.82, 2.24) is 9.97 Å². The molecule has 0 spiro atoms. The van der Waals surface area contributed by atoms with Crippen LogP contribution in [0.1, 0.15) is 39.1 Å². The zero-order chi connectivity index (χ0) is 13.3. The largest absolute Gasteiger partial charge is 0.388 e. The summed E-state index contributed by atoms with van der Waals surface area (Å²) in [7, 11) is 0. The monoisotopic (exact) mass is 234 g/mol. The van der Waals surface area contributed by atoms with E-state index in [0.29, 0.717) is 17.3 Å². The molecule has 0 amide bonds. The van der Waals surface area contributed by atoms with Crippen LogP contribution >= 0.6 is 0 Å². The number of anilines is 1. The van der Waals surface area contributed by atoms with E-state index in [4.69, 9.17) is 5.26 Å². The highest BCUT2D eigenvalue weighted by Crippen LogP contribution is 2.24. The molecule has 1 heterocycles. The summed E-state index contributed by atoms with van der Waals surface area (Å²) in [5.41, 5.74) is -0.516. The summed E-state index contributed by atoms with van der Waals surface area (Å²) < 4.78 is 0. The number of aromatic nitrogens is 2. The molecule has 0 saturated heterocycles. The fourth-order valence-electron chi connectivity index (χ4n) is 1.11. The molecule has 0 bridgehead atoms. The smallest absolute Gasteiger partial charge is 0.224 e. The van der Waals surface area contributed by atoms with Crippen molar-refractivity contribution in [3.8, 4) is 6.07 Å². The van der Waals surface area contributed by atoms with Gasteiger partial charge in [0.25, 0.3) is 0 Å². The molecule has 5 heteroatoms. The number of nitrogens with zero attached hydrogens (tertiary/aromatic N) is 3. The summed E-state index contributed by atoms with van der Waals surface area (Å²) in [5, 5.41) is 21.9. The van der Waals surface area contributed by atoms with Crippen LogP contribution in [0, 0.1) is 18.3 Å². The van der Waals surface area contributed by atoms with Gasteiger partial charge in [0.15, 0.2) is 0 Å². The third kappa shape index (κ3) is 3.14. The SMILES string of the molecule is Cc1cc(C#N)nc(NC(C)(C)C(C)(C)O)n1. The van der Waals surface area contributed by atoms with Gasteiger partial charge in [-0.1, -0.05) is 0 Å². The number of hydrogen-bond acceptors (Lipinski definition) is 5. The lowest BCUT2D eigenvalue weighted by Gasteiger charge is -2.37. The van der Waals surface area contributed by atoms with Crippen molar-refractivity contribution in [2.24, 2.45) is 0 Å². The average molecular weight is 234 g/mol. The van der Waals surface area contributed by atoms with Crippen LogP contribution in [0.15, 0.2) is 6.07 Å². The number of rotatable bonds is 3. The fourth-order valence-corrected chi connectivity index (χ4v) is 1.11. The lowest BCUT2D eigenvalue weighted by Crippen LogP contribution is -2.51. The van der Waals surface area contributed by atoms with Crippen LogP contribution < -0.4 is 5.32 Å². The third-order valence-corrected chi connectivity index (χ3v) is 2.92. The van der Waals surface area contributed by atoms with Crippen LogP contribution in [-0.2, 0) is 0 Å². The molecule has 0 aliphatic heterocycles. The lowest BCUT2D eigenvalue weighted by molar-refractivity contribution is 0.0237. The highest BCUT2D eigenvalue weighted by atomic mass is 16.3. The number of aliphatic hydroxyl groups is 1. The van der Waals surface area contributed by atoms with E-state index in [1.54, 1.807) is 26.8 Å². The minimum Gasteiger partial charge on any atom is -0.388 e. The first-order valence-electron chi connectivity index (χ1n) is 5.42. The number of nitriles is 1. The second-order valence-corrected chi connectivity index (χ2v) is 5.14. The molecular formula is C12H18N4O. The molecule has 0 fully saturated rings. The maximum absolute atomic E-state index is 10.0. The van der Waals surface area contributed by atoms with Crippen LogP contribution in [0.3, 0.4) is 0 Å². The Bertz CT molecular complexity index is 455. The standard InChI is InChI=1S/C12H18N4O/c1-8-6-9(7-13)15-10(14-8)16-11(2,3)12(4,5)17/h6,17H,1-5H3,(H,14,15,16). The lowest BCUT2D eigenvalue weighted by atomic mass is 9.86. The van der Waals surface area contributed by atoms with Crippen LogP contribution in [0.2, 0.25) is 0 Å². The molecule has 92 valence electrons. The Labute approximate surface area is 102 Å². The van der Waals surface area contributed by atoms with Gasteiger partial charge in [-0.25, -0.2) is 9.97 Å². The van der Waals surface area contributed by atoms with Crippen molar-refractivity contribution in [3.05, 3.63) is 17.5 Å². The van der Waals surface area contributed by atoms with Crippen molar-refractivity contribution in [3.63, 3.8) is 0 Å². The van der Waals surface area contributed by atoms with Crippen molar-refractivity contribution in [2.75, 3.05) is 5.32 Å². The molecule has 0 aliphatic carbocycles. The van der Waals surface area contributed by atoms with Gasteiger partial charge >= 0.3 is 0 Å². The molecule has 1 aromatic heterocycles. The van der Waals surface area contributed by atoms with Gasteiger partial charge in [0, 0.05) is 5.69 Å². The van der Waals surface area contributed by atoms with E-state index in [2.05, 4.69) is 15.3 Å². The van der Waals surface area contributed by atoms with Crippen molar-refractivity contribution >= 4 is 5.95 Å². The first-order chi connectivity index (χ1) is 7.65. The molecule has 0 radical (unpaired) electrons. The molecule has 1 aromatic rings. The molecule has 2 N–H and O–H groups in total. The zero-order valence-corrected chi connectivity index (χ0v) is 10.9. The van der Waals surface area contributed by atoms with E-state index in [1.807, 2.05) is 19.9 Å². The maximum Gasteiger partial charge on any atom is 0.224 e. The molecule has 0 unspecified atom stereocenters. The first-order valence-corrected chi connectivity index (χ1v) is 5.42. The zero-order valence-electron chi connectivity index (χ0n) is 10.9. The maximum atomic E-state index is 10.0. The normalized spacial score (nSPS) is 12.1. The Morgan fingerprint density at radius 2 is 1.88 bits per heavy atom. The molecular weight excluding hydrogens is 216 g/mol. The average Bonchev–Trinajstić information content (AvgIpc) is 2.14. The molecule has 0 aromatic carbocycles. The summed E-state index contributed by atoms with van der Waals surface area (Å²) in [5.74, 6) is 0.355. The molecule has 0 aliphatic rings. The second kappa shape index (κ2) is 4.30. The first kappa shape index (κ1) is 13.4. The Hall–Kier alpha value is -1.67. The molecule has 0 atom stereocenters. The molecule has 5 nitrogen and oxygen atoms in total. The predicted octanol–water partition coefficient (Wildman–Crippen LogP) is 1.62. The Morgan fingerprint density at radius 1 is 1.29 bits per heavy atom. The Kier molecular flexibility index (Phi) is 3.39.